The van der Waals surface area contributed by atoms with Gasteiger partial charge in [-0.05, 0) is 43.5 Å². The maximum atomic E-state index is 12.4. The summed E-state index contributed by atoms with van der Waals surface area (Å²) in [5, 5.41) is 0. The first-order valence-electron chi connectivity index (χ1n) is 6.72. The number of amides is 2. The maximum Gasteiger partial charge on any atom is 0.238 e. The molecule has 1 unspecified atom stereocenters. The van der Waals surface area contributed by atoms with E-state index in [1.807, 2.05) is 32.9 Å². The van der Waals surface area contributed by atoms with Crippen molar-refractivity contribution in [1.29, 1.82) is 0 Å². The van der Waals surface area contributed by atoms with E-state index in [9.17, 15) is 18.0 Å². The number of sulfone groups is 1. The number of rotatable bonds is 3. The zero-order chi connectivity index (χ0) is 15.9. The summed E-state index contributed by atoms with van der Waals surface area (Å²) >= 11 is 0. The van der Waals surface area contributed by atoms with Crippen molar-refractivity contribution >= 4 is 27.3 Å². The standard InChI is InChI=1S/C15H19NO4S/c1-9-5-11(3)13(6-10(9)2)16-14(17)7-12(15(16)18)8-21(4,19)20/h5-6,12H,7-8H2,1-4H3. The van der Waals surface area contributed by atoms with Crippen LogP contribution in [-0.4, -0.2) is 32.2 Å². The summed E-state index contributed by atoms with van der Waals surface area (Å²) < 4.78 is 22.7. The third kappa shape index (κ3) is 3.15. The van der Waals surface area contributed by atoms with E-state index >= 15 is 0 Å². The Bertz CT molecular complexity index is 721. The van der Waals surface area contributed by atoms with Gasteiger partial charge < -0.3 is 0 Å². The molecule has 1 aromatic rings. The smallest absolute Gasteiger partial charge is 0.238 e. The van der Waals surface area contributed by atoms with Crippen LogP contribution in [0, 0.1) is 26.7 Å². The third-order valence-corrected chi connectivity index (χ3v) is 4.81. The van der Waals surface area contributed by atoms with Gasteiger partial charge in [0.2, 0.25) is 11.8 Å². The second-order valence-electron chi connectivity index (χ2n) is 5.78. The van der Waals surface area contributed by atoms with Crippen molar-refractivity contribution in [3.05, 3.63) is 28.8 Å². The first kappa shape index (κ1) is 15.7. The number of aryl methyl sites for hydroxylation is 3. The Balaban J connectivity index is 2.39. The highest BCUT2D eigenvalue weighted by atomic mass is 32.2. The molecule has 1 aliphatic rings. The quantitative estimate of drug-likeness (QED) is 0.794. The van der Waals surface area contributed by atoms with Gasteiger partial charge in [0.15, 0.2) is 0 Å². The number of benzene rings is 1. The van der Waals surface area contributed by atoms with Crippen LogP contribution in [0.4, 0.5) is 5.69 Å². The highest BCUT2D eigenvalue weighted by Gasteiger charge is 2.41. The van der Waals surface area contributed by atoms with Crippen molar-refractivity contribution in [2.75, 3.05) is 16.9 Å². The van der Waals surface area contributed by atoms with Crippen molar-refractivity contribution in [2.45, 2.75) is 27.2 Å². The van der Waals surface area contributed by atoms with Crippen LogP contribution >= 0.6 is 0 Å². The van der Waals surface area contributed by atoms with Crippen LogP contribution in [0.2, 0.25) is 0 Å². The van der Waals surface area contributed by atoms with Crippen molar-refractivity contribution in [2.24, 2.45) is 5.92 Å². The van der Waals surface area contributed by atoms with Gasteiger partial charge in [0, 0.05) is 12.7 Å². The van der Waals surface area contributed by atoms with Crippen LogP contribution in [0.25, 0.3) is 0 Å². The molecule has 1 saturated heterocycles. The minimum absolute atomic E-state index is 0.0434. The van der Waals surface area contributed by atoms with Gasteiger partial charge in [-0.25, -0.2) is 13.3 Å². The first-order valence-corrected chi connectivity index (χ1v) is 8.78. The SMILES string of the molecule is Cc1cc(C)c(N2C(=O)CC(CS(C)(=O)=O)C2=O)cc1C. The zero-order valence-corrected chi connectivity index (χ0v) is 13.5. The van der Waals surface area contributed by atoms with Crippen molar-refractivity contribution in [3.8, 4) is 0 Å². The molecule has 6 heteroatoms. The fraction of sp³-hybridized carbons (Fsp3) is 0.467. The van der Waals surface area contributed by atoms with E-state index in [0.29, 0.717) is 5.69 Å². The lowest BCUT2D eigenvalue weighted by Gasteiger charge is -2.19. The third-order valence-electron chi connectivity index (χ3n) is 3.80. The lowest BCUT2D eigenvalue weighted by molar-refractivity contribution is -0.122. The fourth-order valence-electron chi connectivity index (χ4n) is 2.63. The molecule has 1 heterocycles. The number of anilines is 1. The molecule has 0 spiro atoms. The van der Waals surface area contributed by atoms with Gasteiger partial charge >= 0.3 is 0 Å². The van der Waals surface area contributed by atoms with E-state index in [4.69, 9.17) is 0 Å². The molecule has 0 bridgehead atoms. The van der Waals surface area contributed by atoms with Gasteiger partial charge in [-0.15, -0.1) is 0 Å². The number of carbonyl (C=O) groups is 2. The molecule has 1 atom stereocenters. The number of nitrogens with zero attached hydrogens (tertiary/aromatic N) is 1. The van der Waals surface area contributed by atoms with E-state index in [0.717, 1.165) is 27.8 Å². The Morgan fingerprint density at radius 2 is 1.67 bits per heavy atom. The molecule has 1 aliphatic heterocycles. The van der Waals surface area contributed by atoms with Gasteiger partial charge in [0.25, 0.3) is 0 Å². The van der Waals surface area contributed by atoms with Crippen LogP contribution < -0.4 is 4.90 Å². The Kier molecular flexibility index (Phi) is 3.93. The molecule has 2 amide bonds. The fourth-order valence-corrected chi connectivity index (χ4v) is 3.62. The molecular formula is C15H19NO4S. The average Bonchev–Trinajstić information content (AvgIpc) is 2.58. The molecule has 114 valence electrons. The van der Waals surface area contributed by atoms with Gasteiger partial charge in [0.05, 0.1) is 17.4 Å². The number of carbonyl (C=O) groups excluding carboxylic acids is 2. The van der Waals surface area contributed by atoms with Crippen LogP contribution in [0.5, 0.6) is 0 Å². The summed E-state index contributed by atoms with van der Waals surface area (Å²) in [6, 6.07) is 3.73. The molecule has 0 N–H and O–H groups in total. The van der Waals surface area contributed by atoms with Crippen molar-refractivity contribution in [1.82, 2.24) is 0 Å². The molecule has 0 saturated carbocycles. The summed E-state index contributed by atoms with van der Waals surface area (Å²) in [7, 11) is -3.29. The number of hydrogen-bond donors (Lipinski definition) is 0. The molecule has 0 aromatic heterocycles. The van der Waals surface area contributed by atoms with Crippen LogP contribution in [0.15, 0.2) is 12.1 Å². The first-order chi connectivity index (χ1) is 9.60. The van der Waals surface area contributed by atoms with Gasteiger partial charge in [-0.3, -0.25) is 9.59 Å². The minimum atomic E-state index is -3.29. The lowest BCUT2D eigenvalue weighted by Crippen LogP contribution is -2.32. The predicted octanol–water partition coefficient (Wildman–Crippen LogP) is 1.54. The zero-order valence-electron chi connectivity index (χ0n) is 12.6. The normalized spacial score (nSPS) is 19.4. The van der Waals surface area contributed by atoms with Crippen molar-refractivity contribution in [3.63, 3.8) is 0 Å². The van der Waals surface area contributed by atoms with Crippen LogP contribution in [-0.2, 0) is 19.4 Å². The molecular weight excluding hydrogens is 290 g/mol. The molecule has 0 aliphatic carbocycles. The molecule has 5 nitrogen and oxygen atoms in total. The topological polar surface area (TPSA) is 71.5 Å². The largest absolute Gasteiger partial charge is 0.274 e. The summed E-state index contributed by atoms with van der Waals surface area (Å²) in [5.74, 6) is -1.80. The van der Waals surface area contributed by atoms with E-state index < -0.39 is 21.7 Å². The Labute approximate surface area is 124 Å². The van der Waals surface area contributed by atoms with E-state index in [-0.39, 0.29) is 18.1 Å². The number of hydrogen-bond acceptors (Lipinski definition) is 4. The Morgan fingerprint density at radius 1 is 1.10 bits per heavy atom. The van der Waals surface area contributed by atoms with E-state index in [1.54, 1.807) is 0 Å². The molecule has 1 fully saturated rings. The van der Waals surface area contributed by atoms with Gasteiger partial charge in [-0.2, -0.15) is 0 Å². The van der Waals surface area contributed by atoms with Crippen LogP contribution in [0.1, 0.15) is 23.1 Å². The maximum absolute atomic E-state index is 12.4. The molecule has 1 aromatic carbocycles. The summed E-state index contributed by atoms with van der Waals surface area (Å²) in [5.41, 5.74) is 3.47. The van der Waals surface area contributed by atoms with E-state index in [1.165, 1.54) is 0 Å². The molecule has 0 radical (unpaired) electrons. The number of imide groups is 1. The van der Waals surface area contributed by atoms with Crippen LogP contribution in [0.3, 0.4) is 0 Å². The average molecular weight is 309 g/mol. The Hall–Kier alpha value is -1.69. The van der Waals surface area contributed by atoms with Crippen molar-refractivity contribution < 1.29 is 18.0 Å². The summed E-state index contributed by atoms with van der Waals surface area (Å²) in [6.07, 6.45) is 1.03. The van der Waals surface area contributed by atoms with Gasteiger partial charge in [0.1, 0.15) is 9.84 Å². The lowest BCUT2D eigenvalue weighted by atomic mass is 10.0. The molecule has 21 heavy (non-hydrogen) atoms. The second-order valence-corrected chi connectivity index (χ2v) is 7.97. The van der Waals surface area contributed by atoms with Gasteiger partial charge in [-0.1, -0.05) is 6.07 Å². The second kappa shape index (κ2) is 5.26. The summed E-state index contributed by atoms with van der Waals surface area (Å²) in [4.78, 5) is 25.7. The summed E-state index contributed by atoms with van der Waals surface area (Å²) in [6.45, 7) is 5.72. The Morgan fingerprint density at radius 3 is 2.24 bits per heavy atom. The highest BCUT2D eigenvalue weighted by Crippen LogP contribution is 2.31. The monoisotopic (exact) mass is 309 g/mol. The molecule has 2 rings (SSSR count). The highest BCUT2D eigenvalue weighted by molar-refractivity contribution is 7.90. The predicted molar refractivity (Wildman–Crippen MR) is 81.0 cm³/mol. The van der Waals surface area contributed by atoms with E-state index in [2.05, 4.69) is 0 Å². The minimum Gasteiger partial charge on any atom is -0.274 e.